The summed E-state index contributed by atoms with van der Waals surface area (Å²) in [5, 5.41) is 24.4. The first-order valence-electron chi connectivity index (χ1n) is 16.3. The minimum Gasteiger partial charge on any atom is -0.480 e. The smallest absolute Gasteiger partial charge is 0.326 e. The van der Waals surface area contributed by atoms with Gasteiger partial charge in [-0.1, -0.05) is 17.3 Å². The molecule has 0 aliphatic heterocycles. The van der Waals surface area contributed by atoms with E-state index in [0.717, 1.165) is 0 Å². The number of nitrogens with one attached hydrogen (secondary N) is 5. The van der Waals surface area contributed by atoms with Gasteiger partial charge in [-0.15, -0.1) is 0 Å². The van der Waals surface area contributed by atoms with Crippen molar-refractivity contribution in [2.75, 3.05) is 24.2 Å². The van der Waals surface area contributed by atoms with Crippen LogP contribution in [0.2, 0.25) is 0 Å². The van der Waals surface area contributed by atoms with Crippen LogP contribution in [0.15, 0.2) is 64.7 Å². The number of carboxylic acids is 1. The minimum atomic E-state index is -1.29. The fourth-order valence-electron chi connectivity index (χ4n) is 4.78. The summed E-state index contributed by atoms with van der Waals surface area (Å²) >= 11 is 0. The monoisotopic (exact) mass is 718 g/mol. The van der Waals surface area contributed by atoms with E-state index in [4.69, 9.17) is 10.6 Å². The maximum Gasteiger partial charge on any atom is 0.326 e. The van der Waals surface area contributed by atoms with E-state index >= 15 is 0 Å². The Balaban J connectivity index is 1.10. The highest BCUT2D eigenvalue weighted by Crippen LogP contribution is 2.13. The van der Waals surface area contributed by atoms with Gasteiger partial charge in [0.15, 0.2) is 17.8 Å². The summed E-state index contributed by atoms with van der Waals surface area (Å²) in [5.41, 5.74) is 7.13. The quantitative estimate of drug-likeness (QED) is 0.0417. The highest BCUT2D eigenvalue weighted by molar-refractivity contribution is 5.97. The van der Waals surface area contributed by atoms with Gasteiger partial charge in [0.2, 0.25) is 11.9 Å². The van der Waals surface area contributed by atoms with Gasteiger partial charge in [-0.25, -0.2) is 19.2 Å². The fourth-order valence-corrected chi connectivity index (χ4v) is 4.78. The lowest BCUT2D eigenvalue weighted by Crippen LogP contribution is -2.42. The molecule has 0 bridgehead atoms. The SMILES string of the molecule is C[C@H](CCCCNC(=O)CO/N=C/c1ccc(F)cc1)NC(=O)CC[C@H](NC(=O)c1ccc(NCc2cnc3nc(N)[nH]c(=O)c3n2)cc1)C(=O)O. The normalized spacial score (nSPS) is 12.2. The standard InChI is InChI=1S/C34H39FN10O7/c1-20(4-2-3-15-37-28(47)19-52-40-16-21-5-9-23(35)10-6-21)41-27(46)14-13-26(33(50)51)43-31(48)22-7-11-24(12-8-22)38-17-25-18-39-30-29(42-25)32(49)45-34(36)44-30/h5-12,16,18,20,26,38H,2-4,13-15,17,19H2,1H3,(H,37,47)(H,41,46)(H,43,48)(H,50,51)(H3,36,39,44,45,49)/b40-16+/t20-,26+/m1/s1. The van der Waals surface area contributed by atoms with Crippen LogP contribution in [0.3, 0.4) is 0 Å². The number of carbonyl (C=O) groups is 4. The van der Waals surface area contributed by atoms with Crippen molar-refractivity contribution in [2.24, 2.45) is 5.16 Å². The first-order valence-corrected chi connectivity index (χ1v) is 16.3. The highest BCUT2D eigenvalue weighted by atomic mass is 19.1. The maximum atomic E-state index is 12.9. The number of aliphatic carboxylic acids is 1. The van der Waals surface area contributed by atoms with E-state index in [9.17, 15) is 33.5 Å². The van der Waals surface area contributed by atoms with Crippen molar-refractivity contribution in [3.8, 4) is 0 Å². The van der Waals surface area contributed by atoms with Crippen molar-refractivity contribution >= 4 is 52.7 Å². The molecular formula is C34H39FN10O7. The number of nitrogens with zero attached hydrogens (tertiary/aromatic N) is 4. The Morgan fingerprint density at radius 1 is 1.02 bits per heavy atom. The Morgan fingerprint density at radius 2 is 1.77 bits per heavy atom. The van der Waals surface area contributed by atoms with Crippen molar-refractivity contribution in [3.05, 3.63) is 87.7 Å². The number of hydrogen-bond donors (Lipinski definition) is 7. The molecule has 0 aliphatic carbocycles. The average molecular weight is 719 g/mol. The van der Waals surface area contributed by atoms with Crippen molar-refractivity contribution in [1.82, 2.24) is 35.9 Å². The molecule has 4 rings (SSSR count). The molecule has 2 atom stereocenters. The van der Waals surface area contributed by atoms with Crippen molar-refractivity contribution in [2.45, 2.75) is 57.7 Å². The molecule has 52 heavy (non-hydrogen) atoms. The first kappa shape index (κ1) is 38.3. The highest BCUT2D eigenvalue weighted by Gasteiger charge is 2.22. The molecule has 17 nitrogen and oxygen atoms in total. The third-order valence-corrected chi connectivity index (χ3v) is 7.51. The topological polar surface area (TPSA) is 256 Å². The molecule has 0 unspecified atom stereocenters. The second-order valence-electron chi connectivity index (χ2n) is 11.7. The fraction of sp³-hybridized carbons (Fsp3) is 0.324. The molecule has 8 N–H and O–H groups in total. The number of H-pyrrole nitrogens is 1. The van der Waals surface area contributed by atoms with Crippen LogP contribution in [-0.4, -0.2) is 80.2 Å². The van der Waals surface area contributed by atoms with Crippen LogP contribution in [0, 0.1) is 5.82 Å². The Hall–Kier alpha value is -6.46. The number of oxime groups is 1. The molecule has 2 aromatic carbocycles. The number of hydrogen-bond acceptors (Lipinski definition) is 12. The van der Waals surface area contributed by atoms with Crippen LogP contribution >= 0.6 is 0 Å². The molecular weight excluding hydrogens is 679 g/mol. The van der Waals surface area contributed by atoms with Gasteiger partial charge in [0.1, 0.15) is 11.9 Å². The number of aromatic nitrogens is 4. The minimum absolute atomic E-state index is 0.0486. The lowest BCUT2D eigenvalue weighted by Gasteiger charge is -2.17. The molecule has 18 heteroatoms. The molecule has 0 aliphatic rings. The second kappa shape index (κ2) is 19.1. The first-order chi connectivity index (χ1) is 25.0. The van der Waals surface area contributed by atoms with E-state index < -0.39 is 23.5 Å². The van der Waals surface area contributed by atoms with Crippen LogP contribution in [0.25, 0.3) is 11.2 Å². The third-order valence-electron chi connectivity index (χ3n) is 7.51. The predicted octanol–water partition coefficient (Wildman–Crippen LogP) is 1.85. The van der Waals surface area contributed by atoms with Crippen LogP contribution < -0.4 is 32.6 Å². The summed E-state index contributed by atoms with van der Waals surface area (Å²) in [6.45, 7) is 2.18. The number of aromatic amines is 1. The van der Waals surface area contributed by atoms with Gasteiger partial charge in [0, 0.05) is 30.3 Å². The molecule has 0 saturated carbocycles. The number of unbranched alkanes of at least 4 members (excludes halogenated alkanes) is 1. The number of fused-ring (bicyclic) bond motifs is 1. The summed E-state index contributed by atoms with van der Waals surface area (Å²) in [6.07, 6.45) is 4.60. The van der Waals surface area contributed by atoms with Crippen molar-refractivity contribution in [1.29, 1.82) is 0 Å². The molecule has 2 aromatic heterocycles. The summed E-state index contributed by atoms with van der Waals surface area (Å²) in [4.78, 5) is 80.7. The van der Waals surface area contributed by atoms with Gasteiger partial charge in [0.25, 0.3) is 17.4 Å². The predicted molar refractivity (Wildman–Crippen MR) is 189 cm³/mol. The summed E-state index contributed by atoms with van der Waals surface area (Å²) in [6, 6.07) is 10.4. The maximum absolute atomic E-state index is 12.9. The molecule has 0 spiro atoms. The number of rotatable bonds is 19. The summed E-state index contributed by atoms with van der Waals surface area (Å²) in [5.74, 6) is -3.01. The Morgan fingerprint density at radius 3 is 2.50 bits per heavy atom. The van der Waals surface area contributed by atoms with Gasteiger partial charge in [-0.2, -0.15) is 4.98 Å². The number of halogens is 1. The number of nitrogens with two attached hydrogens (primary N) is 1. The number of benzene rings is 2. The van der Waals surface area contributed by atoms with E-state index in [2.05, 4.69) is 46.4 Å². The largest absolute Gasteiger partial charge is 0.480 e. The van der Waals surface area contributed by atoms with Gasteiger partial charge < -0.3 is 36.9 Å². The van der Waals surface area contributed by atoms with Gasteiger partial charge in [-0.3, -0.25) is 24.2 Å². The lowest BCUT2D eigenvalue weighted by molar-refractivity contribution is -0.139. The Kier molecular flexibility index (Phi) is 14.1. The molecule has 0 radical (unpaired) electrons. The number of amides is 3. The van der Waals surface area contributed by atoms with Gasteiger partial charge in [0.05, 0.1) is 24.7 Å². The van der Waals surface area contributed by atoms with E-state index in [-0.39, 0.29) is 72.3 Å². The molecule has 0 fully saturated rings. The molecule has 274 valence electrons. The van der Waals surface area contributed by atoms with Crippen LogP contribution in [0.5, 0.6) is 0 Å². The van der Waals surface area contributed by atoms with Gasteiger partial charge in [-0.05, 0) is 74.6 Å². The van der Waals surface area contributed by atoms with E-state index in [1.807, 2.05) is 6.92 Å². The Bertz CT molecular complexity index is 1940. The zero-order chi connectivity index (χ0) is 37.5. The van der Waals surface area contributed by atoms with E-state index in [1.54, 1.807) is 12.1 Å². The molecule has 4 aromatic rings. The van der Waals surface area contributed by atoms with Crippen LogP contribution in [0.1, 0.15) is 60.6 Å². The van der Waals surface area contributed by atoms with E-state index in [0.29, 0.717) is 42.8 Å². The number of carbonyl (C=O) groups excluding carboxylic acids is 3. The summed E-state index contributed by atoms with van der Waals surface area (Å²) in [7, 11) is 0. The molecule has 3 amide bonds. The zero-order valence-electron chi connectivity index (χ0n) is 28.2. The van der Waals surface area contributed by atoms with Crippen LogP contribution in [0.4, 0.5) is 16.0 Å². The van der Waals surface area contributed by atoms with E-state index in [1.165, 1.54) is 48.8 Å². The number of carboxylic acid groups (broad SMARTS) is 1. The zero-order valence-corrected chi connectivity index (χ0v) is 28.2. The van der Waals surface area contributed by atoms with Crippen molar-refractivity contribution < 1.29 is 33.5 Å². The number of nitrogen functional groups attached to an aromatic ring is 1. The Labute approximate surface area is 296 Å². The third kappa shape index (κ3) is 12.5. The summed E-state index contributed by atoms with van der Waals surface area (Å²) < 4.78 is 12.9. The van der Waals surface area contributed by atoms with Crippen LogP contribution in [-0.2, 0) is 25.8 Å². The average Bonchev–Trinajstić information content (AvgIpc) is 3.11. The lowest BCUT2D eigenvalue weighted by atomic mass is 10.1. The molecule has 2 heterocycles. The second-order valence-corrected chi connectivity index (χ2v) is 11.7. The molecule has 0 saturated heterocycles. The van der Waals surface area contributed by atoms with Crippen molar-refractivity contribution in [3.63, 3.8) is 0 Å². The number of anilines is 2. The van der Waals surface area contributed by atoms with Gasteiger partial charge >= 0.3 is 5.97 Å².